The monoisotopic (exact) mass is 364 g/mol. The smallest absolute Gasteiger partial charge is 0.227 e. The first-order valence-corrected chi connectivity index (χ1v) is 8.63. The topological polar surface area (TPSA) is 46.2 Å². The summed E-state index contributed by atoms with van der Waals surface area (Å²) in [6, 6.07) is 21.0. The molecule has 0 amide bonds. The molecule has 0 radical (unpaired) electrons. The summed E-state index contributed by atoms with van der Waals surface area (Å²) < 4.78 is 28.5. The number of hydrogen-bond donors (Lipinski definition) is 0. The molecule has 1 aliphatic rings. The highest BCUT2D eigenvalue weighted by Gasteiger charge is 2.26. The van der Waals surface area contributed by atoms with E-state index in [0.29, 0.717) is 23.9 Å². The minimum atomic E-state index is -0.509. The molecule has 0 saturated heterocycles. The Kier molecular flexibility index (Phi) is 4.85. The van der Waals surface area contributed by atoms with Crippen LogP contribution in [-0.2, 0) is 11.3 Å². The van der Waals surface area contributed by atoms with Crippen molar-refractivity contribution >= 4 is 0 Å². The number of ether oxygens (including phenoxy) is 5. The molecule has 0 spiro atoms. The van der Waals surface area contributed by atoms with Gasteiger partial charge in [-0.25, -0.2) is 0 Å². The third kappa shape index (κ3) is 3.68. The molecule has 0 bridgehead atoms. The number of para-hydroxylation sites is 1. The van der Waals surface area contributed by atoms with E-state index in [1.165, 1.54) is 0 Å². The van der Waals surface area contributed by atoms with E-state index in [1.54, 1.807) is 20.3 Å². The Bertz CT molecular complexity index is 889. The lowest BCUT2D eigenvalue weighted by atomic mass is 10.1. The minimum Gasteiger partial charge on any atom is -0.497 e. The number of benzene rings is 3. The first-order valence-electron chi connectivity index (χ1n) is 8.63. The van der Waals surface area contributed by atoms with Gasteiger partial charge >= 0.3 is 0 Å². The van der Waals surface area contributed by atoms with Gasteiger partial charge in [-0.15, -0.1) is 0 Å². The van der Waals surface area contributed by atoms with E-state index >= 15 is 0 Å². The molecule has 0 fully saturated rings. The van der Waals surface area contributed by atoms with Crippen LogP contribution in [0.3, 0.4) is 0 Å². The lowest BCUT2D eigenvalue weighted by Gasteiger charge is -2.28. The van der Waals surface area contributed by atoms with Crippen LogP contribution in [0.2, 0.25) is 0 Å². The van der Waals surface area contributed by atoms with Crippen LogP contribution in [0.15, 0.2) is 66.7 Å². The van der Waals surface area contributed by atoms with Crippen LogP contribution in [-0.4, -0.2) is 14.2 Å². The van der Waals surface area contributed by atoms with Crippen molar-refractivity contribution in [3.63, 3.8) is 0 Å². The Hall–Kier alpha value is -3.18. The molecule has 138 valence electrons. The Morgan fingerprint density at radius 2 is 1.56 bits per heavy atom. The largest absolute Gasteiger partial charge is 0.497 e. The quantitative estimate of drug-likeness (QED) is 0.630. The zero-order chi connectivity index (χ0) is 18.6. The van der Waals surface area contributed by atoms with Gasteiger partial charge in [0.2, 0.25) is 6.29 Å². The Labute approximate surface area is 158 Å². The van der Waals surface area contributed by atoms with Gasteiger partial charge in [-0.1, -0.05) is 18.2 Å². The zero-order valence-corrected chi connectivity index (χ0v) is 15.2. The third-order valence-corrected chi connectivity index (χ3v) is 4.31. The molecule has 1 heterocycles. The highest BCUT2D eigenvalue weighted by molar-refractivity contribution is 5.52. The van der Waals surface area contributed by atoms with E-state index in [-0.39, 0.29) is 0 Å². The maximum Gasteiger partial charge on any atom is 0.227 e. The summed E-state index contributed by atoms with van der Waals surface area (Å²) in [5.41, 5.74) is 1.80. The maximum absolute atomic E-state index is 6.05. The fraction of sp³-hybridized carbons (Fsp3) is 0.182. The van der Waals surface area contributed by atoms with Gasteiger partial charge in [0, 0.05) is 17.2 Å². The highest BCUT2D eigenvalue weighted by atomic mass is 16.7. The van der Waals surface area contributed by atoms with E-state index < -0.39 is 6.29 Å². The van der Waals surface area contributed by atoms with E-state index in [2.05, 4.69) is 0 Å². The van der Waals surface area contributed by atoms with Gasteiger partial charge in [-0.3, -0.25) is 0 Å². The van der Waals surface area contributed by atoms with E-state index in [1.807, 2.05) is 60.7 Å². The SMILES string of the molecule is COc1cc2c(c(OC)c1)OC(c1ccc(Oc3ccccc3)cc1)OC2. The zero-order valence-electron chi connectivity index (χ0n) is 15.2. The molecule has 0 aliphatic carbocycles. The standard InChI is InChI=1S/C22H20O5/c1-23-19-12-16-14-25-22(27-21(16)20(13-19)24-2)15-8-10-18(11-9-15)26-17-6-4-3-5-7-17/h3-13,22H,14H2,1-2H3. The van der Waals surface area contributed by atoms with Crippen LogP contribution >= 0.6 is 0 Å². The second-order valence-corrected chi connectivity index (χ2v) is 6.06. The molecule has 0 N–H and O–H groups in total. The van der Waals surface area contributed by atoms with Gasteiger partial charge in [0.1, 0.15) is 17.2 Å². The summed E-state index contributed by atoms with van der Waals surface area (Å²) in [7, 11) is 3.23. The second kappa shape index (κ2) is 7.60. The van der Waals surface area contributed by atoms with Crippen LogP contribution in [0.5, 0.6) is 28.7 Å². The minimum absolute atomic E-state index is 0.413. The van der Waals surface area contributed by atoms with Gasteiger partial charge < -0.3 is 23.7 Å². The first-order chi connectivity index (χ1) is 13.3. The average Bonchev–Trinajstić information content (AvgIpc) is 2.74. The highest BCUT2D eigenvalue weighted by Crippen LogP contribution is 2.42. The summed E-state index contributed by atoms with van der Waals surface area (Å²) in [6.45, 7) is 0.413. The van der Waals surface area contributed by atoms with Crippen LogP contribution in [0.4, 0.5) is 0 Å². The molecular formula is C22H20O5. The van der Waals surface area contributed by atoms with Crippen LogP contribution in [0.25, 0.3) is 0 Å². The van der Waals surface area contributed by atoms with Gasteiger partial charge in [0.15, 0.2) is 11.5 Å². The van der Waals surface area contributed by atoms with Crippen molar-refractivity contribution in [2.24, 2.45) is 0 Å². The predicted octanol–water partition coefficient (Wildman–Crippen LogP) is 5.10. The van der Waals surface area contributed by atoms with Crippen molar-refractivity contribution in [2.45, 2.75) is 12.9 Å². The number of hydrogen-bond acceptors (Lipinski definition) is 5. The average molecular weight is 364 g/mol. The summed E-state index contributed by atoms with van der Waals surface area (Å²) in [6.07, 6.45) is -0.509. The molecule has 0 aromatic heterocycles. The third-order valence-electron chi connectivity index (χ3n) is 4.31. The lowest BCUT2D eigenvalue weighted by Crippen LogP contribution is -2.18. The Morgan fingerprint density at radius 3 is 2.26 bits per heavy atom. The van der Waals surface area contributed by atoms with Crippen molar-refractivity contribution < 1.29 is 23.7 Å². The molecule has 4 rings (SSSR count). The fourth-order valence-electron chi connectivity index (χ4n) is 2.93. The molecule has 0 saturated carbocycles. The first kappa shape index (κ1) is 17.2. The molecule has 27 heavy (non-hydrogen) atoms. The summed E-state index contributed by atoms with van der Waals surface area (Å²) in [4.78, 5) is 0. The normalized spacial score (nSPS) is 15.4. The molecule has 3 aromatic rings. The van der Waals surface area contributed by atoms with E-state index in [9.17, 15) is 0 Å². The Morgan fingerprint density at radius 1 is 0.815 bits per heavy atom. The lowest BCUT2D eigenvalue weighted by molar-refractivity contribution is -0.112. The van der Waals surface area contributed by atoms with Crippen molar-refractivity contribution in [3.8, 4) is 28.7 Å². The van der Waals surface area contributed by atoms with Crippen LogP contribution in [0.1, 0.15) is 17.4 Å². The molecule has 5 heteroatoms. The number of rotatable bonds is 5. The van der Waals surface area contributed by atoms with Crippen molar-refractivity contribution in [3.05, 3.63) is 77.9 Å². The Balaban J connectivity index is 1.52. The van der Waals surface area contributed by atoms with Crippen molar-refractivity contribution in [2.75, 3.05) is 14.2 Å². The van der Waals surface area contributed by atoms with Crippen molar-refractivity contribution in [1.82, 2.24) is 0 Å². The van der Waals surface area contributed by atoms with Gasteiger partial charge in [0.25, 0.3) is 0 Å². The second-order valence-electron chi connectivity index (χ2n) is 6.06. The van der Waals surface area contributed by atoms with Crippen molar-refractivity contribution in [1.29, 1.82) is 0 Å². The summed E-state index contributed by atoms with van der Waals surface area (Å²) >= 11 is 0. The molecule has 1 unspecified atom stereocenters. The predicted molar refractivity (Wildman–Crippen MR) is 101 cm³/mol. The van der Waals surface area contributed by atoms with Crippen LogP contribution < -0.4 is 18.9 Å². The van der Waals surface area contributed by atoms with E-state index in [0.717, 1.165) is 22.6 Å². The molecule has 1 aliphatic heterocycles. The summed E-state index contributed by atoms with van der Waals surface area (Å²) in [5.74, 6) is 3.56. The molecule has 3 aromatic carbocycles. The van der Waals surface area contributed by atoms with Gasteiger partial charge in [0.05, 0.1) is 20.8 Å². The maximum atomic E-state index is 6.05. The van der Waals surface area contributed by atoms with Crippen LogP contribution in [0, 0.1) is 0 Å². The molecular weight excluding hydrogens is 344 g/mol. The fourth-order valence-corrected chi connectivity index (χ4v) is 2.93. The molecule has 5 nitrogen and oxygen atoms in total. The number of methoxy groups -OCH3 is 2. The summed E-state index contributed by atoms with van der Waals surface area (Å²) in [5, 5.41) is 0. The van der Waals surface area contributed by atoms with E-state index in [4.69, 9.17) is 23.7 Å². The van der Waals surface area contributed by atoms with Gasteiger partial charge in [-0.05, 0) is 42.5 Å². The molecule has 1 atom stereocenters. The van der Waals surface area contributed by atoms with Gasteiger partial charge in [-0.2, -0.15) is 0 Å². The number of fused-ring (bicyclic) bond motifs is 1.